The van der Waals surface area contributed by atoms with Crippen LogP contribution in [0.5, 0.6) is 0 Å². The first-order valence-electron chi connectivity index (χ1n) is 6.15. The number of nitrogens with zero attached hydrogens (tertiary/aromatic N) is 3. The van der Waals surface area contributed by atoms with Crippen molar-refractivity contribution in [3.63, 3.8) is 0 Å². The van der Waals surface area contributed by atoms with Gasteiger partial charge < -0.3 is 0 Å². The molecule has 3 heteroatoms. The highest BCUT2D eigenvalue weighted by Gasteiger charge is 2.33. The highest BCUT2D eigenvalue weighted by Crippen LogP contribution is 2.31. The molecule has 1 aliphatic heterocycles. The van der Waals surface area contributed by atoms with Gasteiger partial charge in [-0.2, -0.15) is 5.26 Å². The van der Waals surface area contributed by atoms with Crippen molar-refractivity contribution in [1.29, 1.82) is 5.26 Å². The van der Waals surface area contributed by atoms with Crippen molar-refractivity contribution in [2.24, 2.45) is 5.92 Å². The van der Waals surface area contributed by atoms with Gasteiger partial charge in [0, 0.05) is 31.0 Å². The Balaban J connectivity index is 2.09. The van der Waals surface area contributed by atoms with Crippen LogP contribution in [0.1, 0.15) is 32.3 Å². The number of piperidine rings is 1. The third kappa shape index (κ3) is 2.83. The normalized spacial score (nSPS) is 24.2. The van der Waals surface area contributed by atoms with Crippen LogP contribution in [0.2, 0.25) is 0 Å². The standard InChI is InChI=1S/C14H19N3/c1-14(2)6-3-13(9-15)11-17(14)10-12-4-7-16-8-5-12/h4-5,7-8,13H,3,6,10-11H2,1-2H3. The molecule has 2 heterocycles. The van der Waals surface area contributed by atoms with Gasteiger partial charge in [0.05, 0.1) is 12.0 Å². The van der Waals surface area contributed by atoms with E-state index >= 15 is 0 Å². The van der Waals surface area contributed by atoms with Crippen LogP contribution in [0, 0.1) is 17.2 Å². The lowest BCUT2D eigenvalue weighted by molar-refractivity contribution is 0.0517. The summed E-state index contributed by atoms with van der Waals surface area (Å²) in [5.74, 6) is 0.185. The molecule has 90 valence electrons. The molecule has 1 atom stereocenters. The number of hydrogen-bond acceptors (Lipinski definition) is 3. The Morgan fingerprint density at radius 2 is 2.18 bits per heavy atom. The molecule has 1 saturated heterocycles. The number of rotatable bonds is 2. The van der Waals surface area contributed by atoms with E-state index in [-0.39, 0.29) is 11.5 Å². The van der Waals surface area contributed by atoms with Crippen LogP contribution < -0.4 is 0 Å². The second kappa shape index (κ2) is 4.85. The summed E-state index contributed by atoms with van der Waals surface area (Å²) in [6.07, 6.45) is 5.77. The van der Waals surface area contributed by atoms with Crippen LogP contribution in [0.4, 0.5) is 0 Å². The Labute approximate surface area is 103 Å². The van der Waals surface area contributed by atoms with E-state index in [1.807, 2.05) is 24.5 Å². The summed E-state index contributed by atoms with van der Waals surface area (Å²) in [5, 5.41) is 9.06. The van der Waals surface area contributed by atoms with Gasteiger partial charge in [-0.15, -0.1) is 0 Å². The predicted molar refractivity (Wildman–Crippen MR) is 67.1 cm³/mol. The van der Waals surface area contributed by atoms with E-state index in [9.17, 15) is 0 Å². The molecular formula is C14H19N3. The Kier molecular flexibility index (Phi) is 3.44. The maximum Gasteiger partial charge on any atom is 0.0669 e. The van der Waals surface area contributed by atoms with Gasteiger partial charge in [0.25, 0.3) is 0 Å². The van der Waals surface area contributed by atoms with E-state index in [1.165, 1.54) is 5.56 Å². The summed E-state index contributed by atoms with van der Waals surface area (Å²) in [6, 6.07) is 6.50. The molecule has 0 amide bonds. The maximum absolute atomic E-state index is 9.06. The summed E-state index contributed by atoms with van der Waals surface area (Å²) in [5.41, 5.74) is 1.46. The second-order valence-corrected chi connectivity index (χ2v) is 5.41. The molecule has 1 fully saturated rings. The number of nitriles is 1. The van der Waals surface area contributed by atoms with Gasteiger partial charge in [0.15, 0.2) is 0 Å². The van der Waals surface area contributed by atoms with E-state index in [0.29, 0.717) is 0 Å². The molecule has 2 rings (SSSR count). The van der Waals surface area contributed by atoms with Gasteiger partial charge in [-0.05, 0) is 44.4 Å². The predicted octanol–water partition coefficient (Wildman–Crippen LogP) is 2.60. The first-order chi connectivity index (χ1) is 8.12. The van der Waals surface area contributed by atoms with Crippen LogP contribution in [-0.2, 0) is 6.54 Å². The molecular weight excluding hydrogens is 210 g/mol. The van der Waals surface area contributed by atoms with Crippen LogP contribution in [0.25, 0.3) is 0 Å². The minimum Gasteiger partial charge on any atom is -0.293 e. The fourth-order valence-corrected chi connectivity index (χ4v) is 2.38. The zero-order valence-corrected chi connectivity index (χ0v) is 10.6. The molecule has 0 aromatic carbocycles. The van der Waals surface area contributed by atoms with E-state index < -0.39 is 0 Å². The number of hydrogen-bond donors (Lipinski definition) is 0. The van der Waals surface area contributed by atoms with Gasteiger partial charge >= 0.3 is 0 Å². The lowest BCUT2D eigenvalue weighted by atomic mass is 9.85. The highest BCUT2D eigenvalue weighted by atomic mass is 15.2. The second-order valence-electron chi connectivity index (χ2n) is 5.41. The minimum absolute atomic E-state index is 0.185. The molecule has 0 spiro atoms. The SMILES string of the molecule is CC1(C)CCC(C#N)CN1Cc1ccncc1. The Morgan fingerprint density at radius 3 is 2.82 bits per heavy atom. The van der Waals surface area contributed by atoms with E-state index in [0.717, 1.165) is 25.9 Å². The van der Waals surface area contributed by atoms with Crippen molar-refractivity contribution in [3.05, 3.63) is 30.1 Å². The largest absolute Gasteiger partial charge is 0.293 e. The van der Waals surface area contributed by atoms with Crippen molar-refractivity contribution >= 4 is 0 Å². The lowest BCUT2D eigenvalue weighted by Gasteiger charge is -2.44. The molecule has 0 saturated carbocycles. The summed E-state index contributed by atoms with van der Waals surface area (Å²) < 4.78 is 0. The van der Waals surface area contributed by atoms with Crippen LogP contribution in [0.15, 0.2) is 24.5 Å². The molecule has 0 radical (unpaired) electrons. The third-order valence-electron chi connectivity index (χ3n) is 3.71. The average molecular weight is 229 g/mol. The molecule has 0 aliphatic carbocycles. The molecule has 1 aliphatic rings. The fourth-order valence-electron chi connectivity index (χ4n) is 2.38. The van der Waals surface area contributed by atoms with Crippen molar-refractivity contribution in [2.45, 2.75) is 38.8 Å². The highest BCUT2D eigenvalue weighted by molar-refractivity contribution is 5.11. The van der Waals surface area contributed by atoms with Gasteiger partial charge in [-0.1, -0.05) is 0 Å². The van der Waals surface area contributed by atoms with Crippen LogP contribution in [0.3, 0.4) is 0 Å². The zero-order valence-electron chi connectivity index (χ0n) is 10.6. The minimum atomic E-state index is 0.185. The Hall–Kier alpha value is -1.40. The molecule has 1 aromatic heterocycles. The van der Waals surface area contributed by atoms with E-state index in [2.05, 4.69) is 29.8 Å². The quantitative estimate of drug-likeness (QED) is 0.782. The summed E-state index contributed by atoms with van der Waals surface area (Å²) >= 11 is 0. The van der Waals surface area contributed by atoms with Crippen molar-refractivity contribution in [3.8, 4) is 6.07 Å². The van der Waals surface area contributed by atoms with Crippen LogP contribution in [-0.4, -0.2) is 22.0 Å². The first kappa shape index (κ1) is 12.1. The maximum atomic E-state index is 9.06. The lowest BCUT2D eigenvalue weighted by Crippen LogP contribution is -2.49. The van der Waals surface area contributed by atoms with Gasteiger partial charge in [0.2, 0.25) is 0 Å². The topological polar surface area (TPSA) is 39.9 Å². The average Bonchev–Trinajstić information content (AvgIpc) is 2.33. The Bertz CT molecular complexity index is 405. The monoisotopic (exact) mass is 229 g/mol. The van der Waals surface area contributed by atoms with Crippen LogP contribution >= 0.6 is 0 Å². The molecule has 0 N–H and O–H groups in total. The number of aromatic nitrogens is 1. The molecule has 0 bridgehead atoms. The van der Waals surface area contributed by atoms with Crippen molar-refractivity contribution < 1.29 is 0 Å². The van der Waals surface area contributed by atoms with Crippen molar-refractivity contribution in [2.75, 3.05) is 6.54 Å². The summed E-state index contributed by atoms with van der Waals surface area (Å²) in [6.45, 7) is 6.32. The van der Waals surface area contributed by atoms with Gasteiger partial charge in [0.1, 0.15) is 0 Å². The van der Waals surface area contributed by atoms with Gasteiger partial charge in [-0.3, -0.25) is 9.88 Å². The van der Waals surface area contributed by atoms with E-state index in [1.54, 1.807) is 0 Å². The fraction of sp³-hybridized carbons (Fsp3) is 0.571. The molecule has 1 aromatic rings. The van der Waals surface area contributed by atoms with E-state index in [4.69, 9.17) is 5.26 Å². The Morgan fingerprint density at radius 1 is 1.47 bits per heavy atom. The summed E-state index contributed by atoms with van der Waals surface area (Å²) in [4.78, 5) is 6.45. The number of likely N-dealkylation sites (tertiary alicyclic amines) is 1. The first-order valence-corrected chi connectivity index (χ1v) is 6.15. The third-order valence-corrected chi connectivity index (χ3v) is 3.71. The smallest absolute Gasteiger partial charge is 0.0669 e. The summed E-state index contributed by atoms with van der Waals surface area (Å²) in [7, 11) is 0. The van der Waals surface area contributed by atoms with Crippen molar-refractivity contribution in [1.82, 2.24) is 9.88 Å². The molecule has 3 nitrogen and oxygen atoms in total. The number of pyridine rings is 1. The zero-order chi connectivity index (χ0) is 12.3. The van der Waals surface area contributed by atoms with Gasteiger partial charge in [-0.25, -0.2) is 0 Å². The molecule has 1 unspecified atom stereocenters. The molecule has 17 heavy (non-hydrogen) atoms.